The highest BCUT2D eigenvalue weighted by atomic mass is 16.5. The smallest absolute Gasteiger partial charge is 0.412 e. The summed E-state index contributed by atoms with van der Waals surface area (Å²) in [5.41, 5.74) is 4.19. The number of rotatable bonds is 4. The molecule has 12 heteroatoms. The highest BCUT2D eigenvalue weighted by molar-refractivity contribution is 6.32. The van der Waals surface area contributed by atoms with Gasteiger partial charge in [0.25, 0.3) is 0 Å². The van der Waals surface area contributed by atoms with Crippen LogP contribution in [0.3, 0.4) is 0 Å². The van der Waals surface area contributed by atoms with Crippen LogP contribution in [0, 0.1) is 23.7 Å². The number of benzene rings is 2. The van der Waals surface area contributed by atoms with Crippen molar-refractivity contribution in [2.24, 2.45) is 29.4 Å². The van der Waals surface area contributed by atoms with Crippen LogP contribution in [0.1, 0.15) is 22.3 Å². The summed E-state index contributed by atoms with van der Waals surface area (Å²) in [5.74, 6) is -10.7. The second-order valence-corrected chi connectivity index (χ2v) is 10.9. The summed E-state index contributed by atoms with van der Waals surface area (Å²) >= 11 is 0. The van der Waals surface area contributed by atoms with E-state index in [-0.39, 0.29) is 29.9 Å². The van der Waals surface area contributed by atoms with Gasteiger partial charge in [0.05, 0.1) is 17.5 Å². The lowest BCUT2D eigenvalue weighted by Crippen LogP contribution is -2.74. The van der Waals surface area contributed by atoms with Crippen LogP contribution in [0.25, 0.3) is 11.1 Å². The third-order valence-corrected chi connectivity index (χ3v) is 8.52. The first-order valence-corrected chi connectivity index (χ1v) is 13.0. The van der Waals surface area contributed by atoms with Crippen LogP contribution < -0.4 is 15.8 Å². The van der Waals surface area contributed by atoms with Crippen molar-refractivity contribution in [2.45, 2.75) is 24.5 Å². The Morgan fingerprint density at radius 1 is 1.05 bits per heavy atom. The number of phenols is 1. The fraction of sp³-hybridized carbons (Fsp3) is 0.379. The SMILES string of the molecule is CNC(=O)Oc1ccc(-c2ccc(O)c3c2C[C@H]2C[C@H]4C(N(C)C)C(=O)C(C(N)=O)C(=O)[C@@]4(O)C(=O)C2C3=O)cc1. The van der Waals surface area contributed by atoms with Crippen LogP contribution in [-0.4, -0.2) is 83.0 Å². The summed E-state index contributed by atoms with van der Waals surface area (Å²) < 4.78 is 5.12. The average Bonchev–Trinajstić information content (AvgIpc) is 2.91. The molecule has 5 rings (SSSR count). The minimum atomic E-state index is -2.77. The summed E-state index contributed by atoms with van der Waals surface area (Å²) in [6.07, 6.45) is -0.555. The number of Topliss-reactive ketones (excluding diaryl/α,β-unsaturated/α-hetero) is 4. The van der Waals surface area contributed by atoms with Crippen LogP contribution in [0.4, 0.5) is 4.79 Å². The van der Waals surface area contributed by atoms with Gasteiger partial charge in [-0.05, 0) is 67.7 Å². The summed E-state index contributed by atoms with van der Waals surface area (Å²) in [5, 5.41) is 24.7. The van der Waals surface area contributed by atoms with E-state index in [1.807, 2.05) is 0 Å². The molecule has 0 aromatic heterocycles. The first-order chi connectivity index (χ1) is 19.3. The van der Waals surface area contributed by atoms with Crippen molar-refractivity contribution in [2.75, 3.05) is 21.1 Å². The van der Waals surface area contributed by atoms with Gasteiger partial charge in [0.2, 0.25) is 5.91 Å². The van der Waals surface area contributed by atoms with E-state index in [1.165, 1.54) is 32.1 Å². The van der Waals surface area contributed by atoms with E-state index in [9.17, 15) is 39.0 Å². The quantitative estimate of drug-likeness (QED) is 0.375. The van der Waals surface area contributed by atoms with Crippen molar-refractivity contribution < 1.29 is 43.7 Å². The van der Waals surface area contributed by atoms with Crippen molar-refractivity contribution in [1.82, 2.24) is 10.2 Å². The topological polar surface area (TPSA) is 193 Å². The van der Waals surface area contributed by atoms with Crippen LogP contribution in [0.2, 0.25) is 0 Å². The molecule has 5 N–H and O–H groups in total. The number of aliphatic hydroxyl groups is 1. The Bertz CT molecular complexity index is 1520. The van der Waals surface area contributed by atoms with Gasteiger partial charge < -0.3 is 26.0 Å². The minimum Gasteiger partial charge on any atom is -0.507 e. The molecule has 3 unspecified atom stereocenters. The number of carbonyl (C=O) groups is 6. The number of fused-ring (bicyclic) bond motifs is 3. The van der Waals surface area contributed by atoms with Crippen LogP contribution in [-0.2, 0) is 25.6 Å². The van der Waals surface area contributed by atoms with Crippen molar-refractivity contribution in [3.05, 3.63) is 47.5 Å². The molecule has 0 aliphatic heterocycles. The van der Waals surface area contributed by atoms with Crippen molar-refractivity contribution in [1.29, 1.82) is 0 Å². The maximum absolute atomic E-state index is 13.9. The molecule has 12 nitrogen and oxygen atoms in total. The Labute approximate surface area is 234 Å². The number of ketones is 4. The van der Waals surface area contributed by atoms with E-state index in [1.54, 1.807) is 30.3 Å². The summed E-state index contributed by atoms with van der Waals surface area (Å²) in [4.78, 5) is 79.4. The van der Waals surface area contributed by atoms with Crippen molar-refractivity contribution >= 4 is 35.1 Å². The number of nitrogens with one attached hydrogen (secondary N) is 1. The second-order valence-electron chi connectivity index (χ2n) is 10.9. The third kappa shape index (κ3) is 4.13. The molecule has 2 aromatic rings. The van der Waals surface area contributed by atoms with Gasteiger partial charge in [-0.3, -0.25) is 28.9 Å². The van der Waals surface area contributed by atoms with Gasteiger partial charge in [0, 0.05) is 13.0 Å². The average molecular weight is 564 g/mol. The number of likely N-dealkylation sites (N-methyl/N-ethyl adjacent to an activating group) is 1. The molecular weight excluding hydrogens is 534 g/mol. The predicted molar refractivity (Wildman–Crippen MR) is 142 cm³/mol. The molecule has 0 saturated heterocycles. The van der Waals surface area contributed by atoms with Gasteiger partial charge in [0.15, 0.2) is 34.7 Å². The summed E-state index contributed by atoms with van der Waals surface area (Å²) in [6.45, 7) is 0. The lowest BCUT2D eigenvalue weighted by molar-refractivity contribution is -0.181. The largest absolute Gasteiger partial charge is 0.507 e. The summed E-state index contributed by atoms with van der Waals surface area (Å²) in [6, 6.07) is 8.27. The van der Waals surface area contributed by atoms with Gasteiger partial charge in [-0.15, -0.1) is 0 Å². The van der Waals surface area contributed by atoms with Gasteiger partial charge in [-0.1, -0.05) is 18.2 Å². The molecule has 0 heterocycles. The number of primary amides is 1. The van der Waals surface area contributed by atoms with Gasteiger partial charge >= 0.3 is 6.09 Å². The lowest BCUT2D eigenvalue weighted by atomic mass is 9.52. The van der Waals surface area contributed by atoms with E-state index in [2.05, 4.69) is 5.32 Å². The van der Waals surface area contributed by atoms with Gasteiger partial charge in [0.1, 0.15) is 11.5 Å². The third-order valence-electron chi connectivity index (χ3n) is 8.52. The number of hydrogen-bond donors (Lipinski definition) is 4. The number of phenolic OH excluding ortho intramolecular Hbond substituents is 1. The van der Waals surface area contributed by atoms with E-state index in [4.69, 9.17) is 10.5 Å². The first-order valence-electron chi connectivity index (χ1n) is 13.0. The number of aromatic hydroxyl groups is 1. The monoisotopic (exact) mass is 563 g/mol. The van der Waals surface area contributed by atoms with Crippen LogP contribution in [0.15, 0.2) is 36.4 Å². The zero-order valence-electron chi connectivity index (χ0n) is 22.5. The Morgan fingerprint density at radius 3 is 2.29 bits per heavy atom. The first kappa shape index (κ1) is 28.1. The highest BCUT2D eigenvalue weighted by Crippen LogP contribution is 2.51. The second kappa shape index (κ2) is 9.89. The number of hydrogen-bond acceptors (Lipinski definition) is 10. The molecule has 6 atom stereocenters. The highest BCUT2D eigenvalue weighted by Gasteiger charge is 2.69. The number of nitrogens with zero attached hydrogens (tertiary/aromatic N) is 1. The number of carbonyl (C=O) groups excluding carboxylic acids is 6. The Balaban J connectivity index is 1.59. The minimum absolute atomic E-state index is 0.0438. The molecule has 3 aliphatic rings. The Kier molecular flexibility index (Phi) is 6.79. The molecule has 2 aromatic carbocycles. The molecule has 0 radical (unpaired) electrons. The van der Waals surface area contributed by atoms with E-state index in [0.717, 1.165) is 0 Å². The normalized spacial score (nSPS) is 29.0. The Morgan fingerprint density at radius 2 is 1.71 bits per heavy atom. The zero-order valence-corrected chi connectivity index (χ0v) is 22.5. The Hall–Kier alpha value is -4.42. The zero-order chi connectivity index (χ0) is 30.0. The molecule has 2 amide bonds. The molecular formula is C29H29N3O9. The number of amides is 2. The van der Waals surface area contributed by atoms with Gasteiger partial charge in [-0.25, -0.2) is 4.79 Å². The van der Waals surface area contributed by atoms with Gasteiger partial charge in [-0.2, -0.15) is 0 Å². The maximum atomic E-state index is 13.9. The summed E-state index contributed by atoms with van der Waals surface area (Å²) in [7, 11) is 4.49. The predicted octanol–water partition coefficient (Wildman–Crippen LogP) is 0.252. The molecule has 2 saturated carbocycles. The van der Waals surface area contributed by atoms with E-state index >= 15 is 0 Å². The molecule has 214 valence electrons. The van der Waals surface area contributed by atoms with Crippen molar-refractivity contribution in [3.8, 4) is 22.6 Å². The molecule has 0 bridgehead atoms. The van der Waals surface area contributed by atoms with Crippen LogP contribution in [0.5, 0.6) is 11.5 Å². The number of nitrogens with two attached hydrogens (primary N) is 1. The fourth-order valence-electron chi connectivity index (χ4n) is 6.74. The van der Waals surface area contributed by atoms with E-state index in [0.29, 0.717) is 16.7 Å². The molecule has 3 aliphatic carbocycles. The standard InChI is InChI=1S/C29H29N3O9/c1-31-28(39)41-14-6-4-12(5-7-14)15-8-9-18(33)20-16(15)10-13-11-17-22(32(2)3)24(35)21(27(30)38)26(37)29(17,40)25(36)19(13)23(20)34/h4-9,13,17,19,21-22,33,40H,10-11H2,1-3H3,(H2,30,38)(H,31,39)/t13-,17-,19?,21?,22?,29-/m0/s1. The maximum Gasteiger partial charge on any atom is 0.412 e. The van der Waals surface area contributed by atoms with Crippen LogP contribution >= 0.6 is 0 Å². The van der Waals surface area contributed by atoms with E-state index < -0.39 is 70.4 Å². The van der Waals surface area contributed by atoms with Crippen molar-refractivity contribution in [3.63, 3.8) is 0 Å². The molecule has 0 spiro atoms. The lowest BCUT2D eigenvalue weighted by Gasteiger charge is -2.52. The number of ether oxygens (including phenoxy) is 1. The molecule has 41 heavy (non-hydrogen) atoms. The molecule has 2 fully saturated rings. The fourth-order valence-corrected chi connectivity index (χ4v) is 6.74.